The molecule has 0 aliphatic rings. The first-order chi connectivity index (χ1) is 12.5. The van der Waals surface area contributed by atoms with Gasteiger partial charge in [-0.1, -0.05) is 17.3 Å². The van der Waals surface area contributed by atoms with Gasteiger partial charge in [-0.15, -0.1) is 5.10 Å². The normalized spacial score (nSPS) is 10.9. The van der Waals surface area contributed by atoms with E-state index in [-0.39, 0.29) is 30.5 Å². The zero-order chi connectivity index (χ0) is 18.5. The average molecular weight is 352 g/mol. The number of amides is 1. The van der Waals surface area contributed by atoms with Crippen LogP contribution in [0.15, 0.2) is 53.3 Å². The predicted octanol–water partition coefficient (Wildman–Crippen LogP) is 2.61. The summed E-state index contributed by atoms with van der Waals surface area (Å²) < 4.78 is 6.77. The van der Waals surface area contributed by atoms with Crippen LogP contribution in [0.2, 0.25) is 0 Å². The predicted molar refractivity (Wildman–Crippen MR) is 99.3 cm³/mol. The molecule has 134 valence electrons. The monoisotopic (exact) mass is 352 g/mol. The number of carbonyl (C=O) groups excluding carboxylic acids is 1. The zero-order valence-corrected chi connectivity index (χ0v) is 14.7. The molecule has 0 unspecified atom stereocenters. The number of nitrogens with one attached hydrogen (secondary N) is 1. The summed E-state index contributed by atoms with van der Waals surface area (Å²) in [7, 11) is 0. The highest BCUT2D eigenvalue weighted by atomic mass is 16.5. The number of hydrogen-bond acceptors (Lipinski definition) is 5. The summed E-state index contributed by atoms with van der Waals surface area (Å²) in [4.78, 5) is 24.5. The van der Waals surface area contributed by atoms with Gasteiger partial charge in [0.25, 0.3) is 5.56 Å². The molecule has 1 amide bonds. The van der Waals surface area contributed by atoms with Gasteiger partial charge in [0.05, 0.1) is 18.0 Å². The molecule has 0 bridgehead atoms. The van der Waals surface area contributed by atoms with E-state index in [0.29, 0.717) is 16.6 Å². The maximum atomic E-state index is 12.3. The van der Waals surface area contributed by atoms with E-state index in [0.717, 1.165) is 5.75 Å². The minimum absolute atomic E-state index is 0.0943. The number of anilines is 1. The van der Waals surface area contributed by atoms with Crippen LogP contribution in [0.5, 0.6) is 5.75 Å². The molecule has 2 aromatic carbocycles. The van der Waals surface area contributed by atoms with Gasteiger partial charge in [-0.2, -0.15) is 0 Å². The summed E-state index contributed by atoms with van der Waals surface area (Å²) in [6.45, 7) is 4.07. The Bertz CT molecular complexity index is 964. The van der Waals surface area contributed by atoms with Crippen molar-refractivity contribution >= 4 is 22.5 Å². The van der Waals surface area contributed by atoms with Crippen molar-refractivity contribution in [3.05, 3.63) is 58.9 Å². The highest BCUT2D eigenvalue weighted by molar-refractivity contribution is 5.90. The Morgan fingerprint density at radius 2 is 1.88 bits per heavy atom. The summed E-state index contributed by atoms with van der Waals surface area (Å²) in [5.74, 6) is 0.542. The summed E-state index contributed by atoms with van der Waals surface area (Å²) >= 11 is 0. The van der Waals surface area contributed by atoms with Gasteiger partial charge in [0.1, 0.15) is 11.3 Å². The minimum Gasteiger partial charge on any atom is -0.491 e. The molecule has 7 heteroatoms. The molecule has 0 aliphatic heterocycles. The van der Waals surface area contributed by atoms with E-state index in [1.54, 1.807) is 48.5 Å². The lowest BCUT2D eigenvalue weighted by atomic mass is 10.2. The Balaban J connectivity index is 1.61. The van der Waals surface area contributed by atoms with Crippen molar-refractivity contribution in [1.82, 2.24) is 15.0 Å². The third-order valence-corrected chi connectivity index (χ3v) is 3.69. The maximum absolute atomic E-state index is 12.3. The SMILES string of the molecule is CC(C)Oc1ccc(NC(=O)CCn2nnc3ccccc3c2=O)cc1. The standard InChI is InChI=1S/C19H20N4O3/c1-13(2)26-15-9-7-14(8-10-15)20-18(24)11-12-23-19(25)16-5-3-4-6-17(16)21-22-23/h3-10,13H,11-12H2,1-2H3,(H,20,24). The van der Waals surface area contributed by atoms with Crippen molar-refractivity contribution in [2.24, 2.45) is 0 Å². The lowest BCUT2D eigenvalue weighted by Gasteiger charge is -2.10. The first-order valence-electron chi connectivity index (χ1n) is 8.42. The van der Waals surface area contributed by atoms with Crippen LogP contribution in [-0.4, -0.2) is 27.0 Å². The highest BCUT2D eigenvalue weighted by Crippen LogP contribution is 2.17. The Hall–Kier alpha value is -3.22. The zero-order valence-electron chi connectivity index (χ0n) is 14.7. The lowest BCUT2D eigenvalue weighted by molar-refractivity contribution is -0.116. The van der Waals surface area contributed by atoms with Crippen LogP contribution in [-0.2, 0) is 11.3 Å². The third-order valence-electron chi connectivity index (χ3n) is 3.69. The number of rotatable bonds is 6. The molecule has 3 rings (SSSR count). The van der Waals surface area contributed by atoms with Gasteiger partial charge in [0.2, 0.25) is 5.91 Å². The van der Waals surface area contributed by atoms with Crippen molar-refractivity contribution in [3.63, 3.8) is 0 Å². The van der Waals surface area contributed by atoms with Crippen LogP contribution in [0, 0.1) is 0 Å². The second-order valence-corrected chi connectivity index (χ2v) is 6.12. The second kappa shape index (κ2) is 7.77. The first-order valence-corrected chi connectivity index (χ1v) is 8.42. The molecule has 7 nitrogen and oxygen atoms in total. The van der Waals surface area contributed by atoms with Crippen molar-refractivity contribution in [2.75, 3.05) is 5.32 Å². The highest BCUT2D eigenvalue weighted by Gasteiger charge is 2.08. The van der Waals surface area contributed by atoms with Crippen LogP contribution < -0.4 is 15.6 Å². The van der Waals surface area contributed by atoms with E-state index in [1.165, 1.54) is 4.68 Å². The average Bonchev–Trinajstić information content (AvgIpc) is 2.63. The largest absolute Gasteiger partial charge is 0.491 e. The number of hydrogen-bond donors (Lipinski definition) is 1. The molecule has 0 spiro atoms. The lowest BCUT2D eigenvalue weighted by Crippen LogP contribution is -2.26. The number of benzene rings is 2. The molecule has 26 heavy (non-hydrogen) atoms. The third kappa shape index (κ3) is 4.24. The van der Waals surface area contributed by atoms with Gasteiger partial charge in [-0.3, -0.25) is 9.59 Å². The summed E-state index contributed by atoms with van der Waals surface area (Å²) in [6, 6.07) is 14.1. The Morgan fingerprint density at radius 3 is 2.62 bits per heavy atom. The van der Waals surface area contributed by atoms with E-state index in [9.17, 15) is 9.59 Å². The molecule has 0 atom stereocenters. The van der Waals surface area contributed by atoms with E-state index < -0.39 is 0 Å². The van der Waals surface area contributed by atoms with Crippen LogP contribution in [0.3, 0.4) is 0 Å². The van der Waals surface area contributed by atoms with E-state index in [2.05, 4.69) is 15.6 Å². The topological polar surface area (TPSA) is 86.1 Å². The van der Waals surface area contributed by atoms with E-state index in [4.69, 9.17) is 4.74 Å². The smallest absolute Gasteiger partial charge is 0.277 e. The Morgan fingerprint density at radius 1 is 1.15 bits per heavy atom. The fourth-order valence-corrected chi connectivity index (χ4v) is 2.49. The molecule has 0 saturated carbocycles. The number of aryl methyl sites for hydroxylation is 1. The molecule has 3 aromatic rings. The summed E-state index contributed by atoms with van der Waals surface area (Å²) in [5.41, 5.74) is 0.962. The fourth-order valence-electron chi connectivity index (χ4n) is 2.49. The first kappa shape index (κ1) is 17.6. The fraction of sp³-hybridized carbons (Fsp3) is 0.263. The molecular weight excluding hydrogens is 332 g/mol. The molecule has 0 saturated heterocycles. The summed E-state index contributed by atoms with van der Waals surface area (Å²) in [5, 5.41) is 11.2. The van der Waals surface area contributed by atoms with Gasteiger partial charge >= 0.3 is 0 Å². The molecule has 0 fully saturated rings. The number of ether oxygens (including phenoxy) is 1. The van der Waals surface area contributed by atoms with Crippen LogP contribution in [0.4, 0.5) is 5.69 Å². The Kier molecular flexibility index (Phi) is 5.26. The van der Waals surface area contributed by atoms with Crippen molar-refractivity contribution in [3.8, 4) is 5.75 Å². The molecule has 1 N–H and O–H groups in total. The quantitative estimate of drug-likeness (QED) is 0.737. The van der Waals surface area contributed by atoms with Gasteiger partial charge in [-0.05, 0) is 50.2 Å². The molecule has 1 heterocycles. The second-order valence-electron chi connectivity index (χ2n) is 6.12. The summed E-state index contributed by atoms with van der Waals surface area (Å²) in [6.07, 6.45) is 0.216. The van der Waals surface area contributed by atoms with Gasteiger partial charge < -0.3 is 10.1 Å². The molecular formula is C19H20N4O3. The number of nitrogens with zero attached hydrogens (tertiary/aromatic N) is 3. The Labute approximate surface area is 150 Å². The number of fused-ring (bicyclic) bond motifs is 1. The van der Waals surface area contributed by atoms with Gasteiger partial charge in [0, 0.05) is 12.1 Å². The van der Waals surface area contributed by atoms with Gasteiger partial charge in [0.15, 0.2) is 0 Å². The number of carbonyl (C=O) groups is 1. The minimum atomic E-state index is -0.251. The molecule has 0 aliphatic carbocycles. The van der Waals surface area contributed by atoms with Crippen molar-refractivity contribution in [2.45, 2.75) is 32.9 Å². The number of aromatic nitrogens is 3. The van der Waals surface area contributed by atoms with Crippen LogP contribution >= 0.6 is 0 Å². The molecule has 1 aromatic heterocycles. The van der Waals surface area contributed by atoms with Crippen LogP contribution in [0.1, 0.15) is 20.3 Å². The van der Waals surface area contributed by atoms with Gasteiger partial charge in [-0.25, -0.2) is 4.68 Å². The van der Waals surface area contributed by atoms with Crippen LogP contribution in [0.25, 0.3) is 10.9 Å². The maximum Gasteiger partial charge on any atom is 0.277 e. The van der Waals surface area contributed by atoms with E-state index in [1.807, 2.05) is 13.8 Å². The van der Waals surface area contributed by atoms with E-state index >= 15 is 0 Å². The molecule has 0 radical (unpaired) electrons. The van der Waals surface area contributed by atoms with Crippen molar-refractivity contribution in [1.29, 1.82) is 0 Å². The van der Waals surface area contributed by atoms with Crippen molar-refractivity contribution < 1.29 is 9.53 Å².